The Kier molecular flexibility index (Phi) is 11.3. The van der Waals surface area contributed by atoms with Gasteiger partial charge in [-0.1, -0.05) is 31.0 Å². The van der Waals surface area contributed by atoms with Crippen molar-refractivity contribution in [2.24, 2.45) is 11.8 Å². The van der Waals surface area contributed by atoms with Crippen LogP contribution in [0.3, 0.4) is 0 Å². The van der Waals surface area contributed by atoms with Gasteiger partial charge in [-0.05, 0) is 98.2 Å². The summed E-state index contributed by atoms with van der Waals surface area (Å²) in [6.07, 6.45) is 9.37. The number of aromatic nitrogens is 4. The number of hydrogen-bond donors (Lipinski definition) is 2. The van der Waals surface area contributed by atoms with Crippen LogP contribution in [0.15, 0.2) is 85.2 Å². The van der Waals surface area contributed by atoms with E-state index in [0.29, 0.717) is 24.8 Å². The number of fused-ring (bicyclic) bond motifs is 1. The van der Waals surface area contributed by atoms with Gasteiger partial charge in [0.05, 0.1) is 11.4 Å². The zero-order valence-corrected chi connectivity index (χ0v) is 34.9. The lowest BCUT2D eigenvalue weighted by molar-refractivity contribution is -0.120. The number of para-hydroxylation sites is 1. The average Bonchev–Trinajstić information content (AvgIpc) is 3.67. The molecule has 14 nitrogen and oxygen atoms in total. The summed E-state index contributed by atoms with van der Waals surface area (Å²) >= 11 is 0. The summed E-state index contributed by atoms with van der Waals surface area (Å²) in [5.41, 5.74) is 11.1. The van der Waals surface area contributed by atoms with Gasteiger partial charge < -0.3 is 15.4 Å². The summed E-state index contributed by atoms with van der Waals surface area (Å²) in [5.74, 6) is 3.36. The number of anilines is 3. The average molecular weight is 824 g/mol. The van der Waals surface area contributed by atoms with Gasteiger partial charge in [0, 0.05) is 101 Å². The van der Waals surface area contributed by atoms with Gasteiger partial charge in [-0.15, -0.1) is 0 Å². The number of carbonyl (C=O) groups is 2. The van der Waals surface area contributed by atoms with Gasteiger partial charge in [-0.2, -0.15) is 5.10 Å². The summed E-state index contributed by atoms with van der Waals surface area (Å²) in [4.78, 5) is 45.2. The first-order valence-electron chi connectivity index (χ1n) is 22.4. The maximum atomic E-state index is 12.3. The third-order valence-corrected chi connectivity index (χ3v) is 13.9. The molecule has 0 unspecified atom stereocenters. The van der Waals surface area contributed by atoms with Crippen molar-refractivity contribution in [2.75, 3.05) is 87.5 Å². The van der Waals surface area contributed by atoms with Crippen molar-refractivity contribution in [1.29, 1.82) is 0 Å². The standard InChI is InChI=1S/C47H57N11O3/c48-45-43-44(33-10-16-41(17-11-33)61-40-8-2-1-3-9-40)52-58(46(43)50-32-49-45)38-18-21-55(22-19-38)39-30-54(31-39)29-35-7-5-4-6-34(35)28-53-24-26-56(27-25-53)36-12-14-37(15-13-36)57-23-20-42(59)51-47(57)60/h1-3,8-17,32,34-35,38-39H,4-7,18-31H2,(H2,48,49,50)(H,51,59,60)/t34-,35-/m0/s1. The molecule has 6 heterocycles. The van der Waals surface area contributed by atoms with E-state index in [-0.39, 0.29) is 18.0 Å². The normalized spacial score (nSPS) is 22.7. The van der Waals surface area contributed by atoms with Crippen molar-refractivity contribution in [3.63, 3.8) is 0 Å². The number of benzene rings is 3. The number of hydrogen-bond acceptors (Lipinski definition) is 11. The Morgan fingerprint density at radius 2 is 1.36 bits per heavy atom. The second-order valence-electron chi connectivity index (χ2n) is 17.7. The summed E-state index contributed by atoms with van der Waals surface area (Å²) < 4.78 is 8.15. The Balaban J connectivity index is 0.694. The Bertz CT molecular complexity index is 2300. The number of amides is 3. The van der Waals surface area contributed by atoms with Crippen LogP contribution in [0.2, 0.25) is 0 Å². The number of ether oxygens (including phenoxy) is 1. The molecule has 0 spiro atoms. The summed E-state index contributed by atoms with van der Waals surface area (Å²) in [6.45, 7) is 11.5. The third-order valence-electron chi connectivity index (χ3n) is 13.9. The molecular formula is C47H57N11O3. The first kappa shape index (κ1) is 39.6. The highest BCUT2D eigenvalue weighted by atomic mass is 16.5. The molecule has 4 aliphatic heterocycles. The number of piperazine rings is 1. The van der Waals surface area contributed by atoms with Crippen molar-refractivity contribution >= 4 is 40.2 Å². The molecule has 5 aromatic rings. The van der Waals surface area contributed by atoms with Crippen LogP contribution in [-0.2, 0) is 4.79 Å². The highest BCUT2D eigenvalue weighted by Gasteiger charge is 2.38. The quantitative estimate of drug-likeness (QED) is 0.156. The van der Waals surface area contributed by atoms with E-state index in [2.05, 4.69) is 46.7 Å². The third kappa shape index (κ3) is 8.53. The molecule has 4 saturated heterocycles. The molecular weight excluding hydrogens is 767 g/mol. The van der Waals surface area contributed by atoms with Crippen LogP contribution in [0, 0.1) is 11.8 Å². The molecule has 10 rings (SSSR count). The Morgan fingerprint density at radius 1 is 0.689 bits per heavy atom. The molecule has 3 amide bonds. The highest BCUT2D eigenvalue weighted by molar-refractivity contribution is 6.05. The molecule has 0 radical (unpaired) electrons. The van der Waals surface area contributed by atoms with Crippen molar-refractivity contribution < 1.29 is 14.3 Å². The summed E-state index contributed by atoms with van der Waals surface area (Å²) in [7, 11) is 0. The first-order chi connectivity index (χ1) is 29.9. The molecule has 5 aliphatic rings. The lowest BCUT2D eigenvalue weighted by Crippen LogP contribution is -2.62. The van der Waals surface area contributed by atoms with Gasteiger partial charge in [0.25, 0.3) is 0 Å². The van der Waals surface area contributed by atoms with Gasteiger partial charge in [0.1, 0.15) is 29.3 Å². The van der Waals surface area contributed by atoms with Crippen LogP contribution >= 0.6 is 0 Å². The largest absolute Gasteiger partial charge is 0.457 e. The SMILES string of the molecule is Nc1ncnc2c1c(-c1ccc(Oc3ccccc3)cc1)nn2C1CCN(C2CN(C[C@@H]3CCCC[C@H]3CN3CCN(c4ccc(N5CCC(=O)NC5=O)cc4)CC3)C2)CC1. The van der Waals surface area contributed by atoms with Crippen LogP contribution in [0.5, 0.6) is 11.5 Å². The first-order valence-corrected chi connectivity index (χ1v) is 22.4. The minimum Gasteiger partial charge on any atom is -0.457 e. The van der Waals surface area contributed by atoms with E-state index in [9.17, 15) is 9.59 Å². The predicted octanol–water partition coefficient (Wildman–Crippen LogP) is 6.26. The molecule has 0 bridgehead atoms. The van der Waals surface area contributed by atoms with Crippen LogP contribution in [0.25, 0.3) is 22.3 Å². The van der Waals surface area contributed by atoms with Crippen LogP contribution in [0.1, 0.15) is 51.0 Å². The second kappa shape index (κ2) is 17.4. The zero-order chi connectivity index (χ0) is 41.3. The molecule has 61 heavy (non-hydrogen) atoms. The Labute approximate surface area is 357 Å². The maximum absolute atomic E-state index is 12.3. The van der Waals surface area contributed by atoms with Crippen LogP contribution in [0.4, 0.5) is 22.0 Å². The van der Waals surface area contributed by atoms with Gasteiger partial charge in [-0.25, -0.2) is 19.4 Å². The smallest absolute Gasteiger partial charge is 0.328 e. The number of piperidine rings is 1. The van der Waals surface area contributed by atoms with E-state index in [1.54, 1.807) is 11.2 Å². The molecule has 318 valence electrons. The number of carbonyl (C=O) groups excluding carboxylic acids is 2. The minimum absolute atomic E-state index is 0.207. The van der Waals surface area contributed by atoms with Gasteiger partial charge in [0.15, 0.2) is 5.65 Å². The number of urea groups is 1. The number of likely N-dealkylation sites (tertiary alicyclic amines) is 2. The van der Waals surface area contributed by atoms with Crippen molar-refractivity contribution in [1.82, 2.24) is 39.8 Å². The summed E-state index contributed by atoms with van der Waals surface area (Å²) in [6, 6.07) is 26.6. The number of nitrogens with one attached hydrogen (secondary N) is 1. The van der Waals surface area contributed by atoms with Gasteiger partial charge in [-0.3, -0.25) is 29.7 Å². The van der Waals surface area contributed by atoms with Gasteiger partial charge in [0.2, 0.25) is 5.91 Å². The van der Waals surface area contributed by atoms with Crippen molar-refractivity contribution in [3.05, 3.63) is 85.2 Å². The maximum Gasteiger partial charge on any atom is 0.328 e. The second-order valence-corrected chi connectivity index (χ2v) is 17.7. The number of nitrogens with zero attached hydrogens (tertiary/aromatic N) is 9. The molecule has 14 heteroatoms. The van der Waals surface area contributed by atoms with Crippen LogP contribution in [-0.4, -0.2) is 124 Å². The Morgan fingerprint density at radius 3 is 2.07 bits per heavy atom. The van der Waals surface area contributed by atoms with E-state index < -0.39 is 0 Å². The van der Waals surface area contributed by atoms with Gasteiger partial charge >= 0.3 is 6.03 Å². The Hall–Kier alpha value is -5.57. The van der Waals surface area contributed by atoms with Crippen molar-refractivity contribution in [3.8, 4) is 22.8 Å². The van der Waals surface area contributed by atoms with Crippen LogP contribution < -0.4 is 25.6 Å². The fourth-order valence-corrected chi connectivity index (χ4v) is 10.4. The van der Waals surface area contributed by atoms with E-state index >= 15 is 0 Å². The molecule has 3 N–H and O–H groups in total. The predicted molar refractivity (Wildman–Crippen MR) is 238 cm³/mol. The fraction of sp³-hybridized carbons (Fsp3) is 0.468. The summed E-state index contributed by atoms with van der Waals surface area (Å²) in [5, 5.41) is 8.40. The van der Waals surface area contributed by atoms with E-state index in [0.717, 1.165) is 103 Å². The minimum atomic E-state index is -0.337. The number of nitrogen functional groups attached to an aromatic ring is 1. The monoisotopic (exact) mass is 823 g/mol. The lowest BCUT2D eigenvalue weighted by Gasteiger charge is -2.50. The zero-order valence-electron chi connectivity index (χ0n) is 34.9. The van der Waals surface area contributed by atoms with E-state index in [1.165, 1.54) is 57.5 Å². The fourth-order valence-electron chi connectivity index (χ4n) is 10.4. The topological polar surface area (TPSA) is 141 Å². The molecule has 1 saturated carbocycles. The molecule has 2 atom stereocenters. The number of nitrogens with two attached hydrogens (primary N) is 1. The lowest BCUT2D eigenvalue weighted by atomic mass is 9.78. The molecule has 2 aromatic heterocycles. The molecule has 1 aliphatic carbocycles. The number of rotatable bonds is 11. The molecule has 5 fully saturated rings. The van der Waals surface area contributed by atoms with E-state index in [4.69, 9.17) is 20.6 Å². The van der Waals surface area contributed by atoms with E-state index in [1.807, 2.05) is 66.7 Å². The number of imide groups is 1. The highest BCUT2D eigenvalue weighted by Crippen LogP contribution is 2.37. The van der Waals surface area contributed by atoms with Crippen molar-refractivity contribution in [2.45, 2.75) is 57.0 Å². The molecule has 3 aromatic carbocycles.